The molecular formula is C16H17N6NaO8S3. The van der Waals surface area contributed by atoms with Crippen molar-refractivity contribution >= 4 is 105 Å². The normalized spacial score (nSPS) is 19.5. The van der Waals surface area contributed by atoms with E-state index < -0.39 is 53.4 Å². The predicted molar refractivity (Wildman–Crippen MR) is 125 cm³/mol. The Bertz CT molecular complexity index is 1090. The van der Waals surface area contributed by atoms with Crippen LogP contribution in [0.1, 0.15) is 5.69 Å². The van der Waals surface area contributed by atoms with Gasteiger partial charge in [0.05, 0.1) is 5.75 Å². The first-order chi connectivity index (χ1) is 15.6. The number of aliphatic carboxylic acids is 2. The molecule has 0 saturated carbocycles. The summed E-state index contributed by atoms with van der Waals surface area (Å²) >= 11 is 3.13. The molecule has 7 N–H and O–H groups in total. The fraction of sp³-hybridized carbons (Fsp3) is 0.312. The van der Waals surface area contributed by atoms with Crippen LogP contribution in [0, 0.1) is 0 Å². The molecule has 2 aliphatic rings. The number of oxime groups is 1. The minimum absolute atomic E-state index is 0. The number of hydrogen-bond donors (Lipinski definition) is 5. The van der Waals surface area contributed by atoms with Crippen molar-refractivity contribution in [1.82, 2.24) is 15.2 Å². The summed E-state index contributed by atoms with van der Waals surface area (Å²) in [5.74, 6) is -4.84. The molecule has 0 aromatic carbocycles. The SMILES string of the molecule is NC(=O)CSC1=C(C(=O)O)N2C(=O)[C@@H](NC(=O)/C(=N\OCC(=O)O)c3csc(N)n3)[C@H]2SC1.[NaH]. The minimum atomic E-state index is -1.35. The number of carboxylic acids is 2. The van der Waals surface area contributed by atoms with E-state index in [1.165, 1.54) is 17.1 Å². The van der Waals surface area contributed by atoms with Crippen LogP contribution < -0.4 is 16.8 Å². The number of rotatable bonds is 10. The number of β-lactam (4-membered cyclic amide) rings is 1. The predicted octanol–water partition coefficient (Wildman–Crippen LogP) is -2.20. The van der Waals surface area contributed by atoms with Crippen molar-refractivity contribution in [3.05, 3.63) is 21.7 Å². The molecule has 0 unspecified atom stereocenters. The molecule has 18 heteroatoms. The summed E-state index contributed by atoms with van der Waals surface area (Å²) in [4.78, 5) is 68.9. The number of nitrogens with two attached hydrogens (primary N) is 2. The molecule has 1 aromatic heterocycles. The standard InChI is InChI=1S/C16H16N6O8S3.Na.H/c17-7(23)4-31-6-3-32-14-10(13(27)22(14)11(6)15(28)29)20-12(26)9(21-30-1-8(24)25)5-2-33-16(18)19-5;;/h2,10,14H,1,3-4H2,(H2,17,23)(H2,18,19)(H,20,26)(H,24,25)(H,28,29);;/b21-9-;;/t10-,14-;;/m1../s1. The van der Waals surface area contributed by atoms with Gasteiger partial charge in [0.25, 0.3) is 11.8 Å². The van der Waals surface area contributed by atoms with Gasteiger partial charge >= 0.3 is 41.5 Å². The fourth-order valence-corrected chi connectivity index (χ4v) is 5.74. The maximum absolute atomic E-state index is 12.8. The molecule has 1 aromatic rings. The summed E-state index contributed by atoms with van der Waals surface area (Å²) < 4.78 is 0. The van der Waals surface area contributed by atoms with E-state index in [0.717, 1.165) is 28.0 Å². The van der Waals surface area contributed by atoms with Crippen LogP contribution in [-0.2, 0) is 28.8 Å². The Labute approximate surface area is 225 Å². The van der Waals surface area contributed by atoms with E-state index in [9.17, 15) is 29.1 Å². The van der Waals surface area contributed by atoms with Crippen molar-refractivity contribution in [1.29, 1.82) is 0 Å². The maximum atomic E-state index is 12.8. The fourth-order valence-electron chi connectivity index (χ4n) is 2.82. The number of aromatic nitrogens is 1. The second kappa shape index (κ2) is 11.9. The van der Waals surface area contributed by atoms with Crippen molar-refractivity contribution in [2.45, 2.75) is 11.4 Å². The van der Waals surface area contributed by atoms with E-state index in [-0.39, 0.29) is 57.6 Å². The molecule has 14 nitrogen and oxygen atoms in total. The van der Waals surface area contributed by atoms with Crippen LogP contribution in [0.5, 0.6) is 0 Å². The molecule has 2 atom stereocenters. The topological polar surface area (TPSA) is 228 Å². The summed E-state index contributed by atoms with van der Waals surface area (Å²) in [5, 5.41) is 25.0. The second-order valence-corrected chi connectivity index (χ2v) is 9.44. The molecule has 2 aliphatic heterocycles. The number of carbonyl (C=O) groups excluding carboxylic acids is 3. The number of amides is 3. The Morgan fingerprint density at radius 3 is 2.62 bits per heavy atom. The van der Waals surface area contributed by atoms with E-state index in [4.69, 9.17) is 16.6 Å². The molecule has 3 heterocycles. The van der Waals surface area contributed by atoms with Gasteiger partial charge in [-0.2, -0.15) is 0 Å². The quantitative estimate of drug-likeness (QED) is 0.0921. The van der Waals surface area contributed by atoms with E-state index in [2.05, 4.69) is 20.3 Å². The molecule has 0 spiro atoms. The van der Waals surface area contributed by atoms with Crippen molar-refractivity contribution in [3.8, 4) is 0 Å². The molecule has 0 radical (unpaired) electrons. The molecular weight excluding hydrogens is 523 g/mol. The van der Waals surface area contributed by atoms with Gasteiger partial charge in [-0.05, 0) is 0 Å². The van der Waals surface area contributed by atoms with Gasteiger partial charge in [0.2, 0.25) is 12.5 Å². The molecule has 3 amide bonds. The van der Waals surface area contributed by atoms with Crippen LogP contribution in [0.15, 0.2) is 21.1 Å². The number of anilines is 1. The van der Waals surface area contributed by atoms with Crippen molar-refractivity contribution in [2.75, 3.05) is 23.8 Å². The zero-order chi connectivity index (χ0) is 24.3. The number of thiazole rings is 1. The Hall–Kier alpha value is -2.31. The third-order valence-corrected chi connectivity index (χ3v) is 7.39. The number of nitrogens with zero attached hydrogens (tertiary/aromatic N) is 3. The number of nitrogen functional groups attached to an aromatic ring is 1. The Morgan fingerprint density at radius 2 is 2.06 bits per heavy atom. The molecule has 3 rings (SSSR count). The van der Waals surface area contributed by atoms with Gasteiger partial charge in [-0.1, -0.05) is 5.16 Å². The summed E-state index contributed by atoms with van der Waals surface area (Å²) in [6, 6.07) is -1.08. The number of carbonyl (C=O) groups is 5. The monoisotopic (exact) mass is 540 g/mol. The van der Waals surface area contributed by atoms with Crippen LogP contribution in [0.25, 0.3) is 0 Å². The van der Waals surface area contributed by atoms with E-state index >= 15 is 0 Å². The van der Waals surface area contributed by atoms with Gasteiger partial charge in [-0.3, -0.25) is 19.3 Å². The number of primary amides is 1. The molecule has 1 fully saturated rings. The van der Waals surface area contributed by atoms with Crippen molar-refractivity contribution in [3.63, 3.8) is 0 Å². The summed E-state index contributed by atoms with van der Waals surface area (Å²) in [6.07, 6.45) is 0. The third-order valence-electron chi connectivity index (χ3n) is 4.13. The zero-order valence-corrected chi connectivity index (χ0v) is 18.9. The van der Waals surface area contributed by atoms with Crippen LogP contribution in [-0.4, -0.2) is 115 Å². The third kappa shape index (κ3) is 6.22. The van der Waals surface area contributed by atoms with Crippen molar-refractivity contribution in [2.24, 2.45) is 10.9 Å². The first kappa shape index (κ1) is 27.9. The van der Waals surface area contributed by atoms with Crippen molar-refractivity contribution < 1.29 is 39.0 Å². The average Bonchev–Trinajstić information content (AvgIpc) is 3.17. The van der Waals surface area contributed by atoms with Crippen LogP contribution in [0.3, 0.4) is 0 Å². The van der Waals surface area contributed by atoms with E-state index in [1.807, 2.05) is 0 Å². The zero-order valence-electron chi connectivity index (χ0n) is 16.4. The van der Waals surface area contributed by atoms with E-state index in [1.54, 1.807) is 0 Å². The second-order valence-electron chi connectivity index (χ2n) is 6.37. The van der Waals surface area contributed by atoms with Gasteiger partial charge in [0.15, 0.2) is 10.8 Å². The van der Waals surface area contributed by atoms with Gasteiger partial charge < -0.3 is 31.8 Å². The summed E-state index contributed by atoms with van der Waals surface area (Å²) in [6.45, 7) is -0.816. The first-order valence-corrected chi connectivity index (χ1v) is 11.8. The van der Waals surface area contributed by atoms with Crippen LogP contribution in [0.4, 0.5) is 5.13 Å². The molecule has 1 saturated heterocycles. The number of carboxylic acid groups (broad SMARTS) is 2. The summed E-state index contributed by atoms with van der Waals surface area (Å²) in [7, 11) is 0. The van der Waals surface area contributed by atoms with E-state index in [0.29, 0.717) is 4.91 Å². The number of nitrogens with one attached hydrogen (secondary N) is 1. The Kier molecular flexibility index (Phi) is 9.77. The molecule has 34 heavy (non-hydrogen) atoms. The number of hydrogen-bond acceptors (Lipinski definition) is 12. The average molecular weight is 541 g/mol. The molecule has 178 valence electrons. The van der Waals surface area contributed by atoms with Crippen LogP contribution >= 0.6 is 34.9 Å². The van der Waals surface area contributed by atoms with Gasteiger partial charge in [-0.25, -0.2) is 14.6 Å². The van der Waals surface area contributed by atoms with Gasteiger partial charge in [0, 0.05) is 16.0 Å². The Balaban J connectivity index is 0.00000408. The van der Waals surface area contributed by atoms with Gasteiger partial charge in [0.1, 0.15) is 22.8 Å². The summed E-state index contributed by atoms with van der Waals surface area (Å²) in [5.41, 5.74) is 10.0. The van der Waals surface area contributed by atoms with Gasteiger partial charge in [-0.15, -0.1) is 34.9 Å². The number of thioether (sulfide) groups is 2. The Morgan fingerprint density at radius 1 is 1.35 bits per heavy atom. The molecule has 0 aliphatic carbocycles. The first-order valence-electron chi connectivity index (χ1n) is 8.86. The number of fused-ring (bicyclic) bond motifs is 1. The van der Waals surface area contributed by atoms with Crippen LogP contribution in [0.2, 0.25) is 0 Å². The molecule has 0 bridgehead atoms.